The Kier molecular flexibility index (Phi) is 14.7. The maximum atomic E-state index is 15.5. The Bertz CT molecular complexity index is 1470. The van der Waals surface area contributed by atoms with E-state index in [1.54, 1.807) is 36.4 Å². The van der Waals surface area contributed by atoms with Crippen LogP contribution in [-0.2, 0) is 0 Å². The second-order valence-electron chi connectivity index (χ2n) is 14.9. The van der Waals surface area contributed by atoms with E-state index in [2.05, 4.69) is 19.9 Å². The molecule has 0 bridgehead atoms. The molecule has 49 heavy (non-hydrogen) atoms. The Hall–Kier alpha value is -3.01. The summed E-state index contributed by atoms with van der Waals surface area (Å²) in [5.74, 6) is 0.362. The molecule has 0 heterocycles. The molecule has 0 aliphatic heterocycles. The van der Waals surface area contributed by atoms with Crippen LogP contribution in [0.3, 0.4) is 0 Å². The normalized spacial score (nSPS) is 19.5. The monoisotopic (exact) mass is 672 g/mol. The maximum Gasteiger partial charge on any atom is 0.201 e. The van der Waals surface area contributed by atoms with Gasteiger partial charge in [-0.3, -0.25) is 0 Å². The quantitative estimate of drug-likeness (QED) is 0.122. The molecule has 0 radical (unpaired) electrons. The van der Waals surface area contributed by atoms with E-state index in [1.807, 2.05) is 12.1 Å². The fraction of sp³-hybridized carbons (Fsp3) is 0.556. The third-order valence-electron chi connectivity index (χ3n) is 11.4. The minimum atomic E-state index is -0.964. The van der Waals surface area contributed by atoms with Crippen LogP contribution in [0.25, 0.3) is 27.8 Å². The molecule has 3 aromatic carbocycles. The Morgan fingerprint density at radius 2 is 1.20 bits per heavy atom. The van der Waals surface area contributed by atoms with Gasteiger partial charge >= 0.3 is 0 Å². The van der Waals surface area contributed by atoms with Crippen molar-refractivity contribution in [3.05, 3.63) is 83.7 Å². The molecule has 0 spiro atoms. The number of hydrogen-bond donors (Lipinski definition) is 0. The lowest BCUT2D eigenvalue weighted by molar-refractivity contribution is 0.187. The summed E-state index contributed by atoms with van der Waals surface area (Å²) >= 11 is 0. The lowest BCUT2D eigenvalue weighted by atomic mass is 9.70. The van der Waals surface area contributed by atoms with Crippen LogP contribution in [0.4, 0.5) is 13.2 Å². The Morgan fingerprint density at radius 3 is 1.86 bits per heavy atom. The SMILES string of the molecule is CCCCCCCCOc1ccc(-c2ccc(-c3ccc(C4=CCC(C5CCC(CCCCCCC)CC5)CC4)cc3F)cc2)c(F)c1F. The van der Waals surface area contributed by atoms with Crippen LogP contribution in [0.1, 0.15) is 141 Å². The standard InChI is InChI=1S/C45H59F3O/c1-3-5-7-9-11-13-31-49-43-30-29-41(44(47)45(43)48)38-25-23-37(24-26-38)40-28-27-39(32-42(40)46)36-21-19-35(20-22-36)34-17-15-33(16-18-34)14-12-10-8-6-4-2/h21,23-30,32-35H,3-20,22,31H2,1-2H3. The van der Waals surface area contributed by atoms with E-state index in [1.165, 1.54) is 102 Å². The van der Waals surface area contributed by atoms with E-state index in [0.717, 1.165) is 55.4 Å². The fourth-order valence-electron chi connectivity index (χ4n) is 8.24. The Morgan fingerprint density at radius 1 is 0.592 bits per heavy atom. The average Bonchev–Trinajstić information content (AvgIpc) is 3.13. The largest absolute Gasteiger partial charge is 0.490 e. The number of benzene rings is 3. The third kappa shape index (κ3) is 10.5. The van der Waals surface area contributed by atoms with E-state index in [-0.39, 0.29) is 17.1 Å². The van der Waals surface area contributed by atoms with Crippen LogP contribution in [0.15, 0.2) is 60.7 Å². The number of rotatable bonds is 18. The van der Waals surface area contributed by atoms with Gasteiger partial charge < -0.3 is 4.74 Å². The zero-order valence-corrected chi connectivity index (χ0v) is 30.2. The van der Waals surface area contributed by atoms with Crippen molar-refractivity contribution < 1.29 is 17.9 Å². The fourth-order valence-corrected chi connectivity index (χ4v) is 8.24. The van der Waals surface area contributed by atoms with Crippen LogP contribution >= 0.6 is 0 Å². The summed E-state index contributed by atoms with van der Waals surface area (Å²) in [6, 6.07) is 15.6. The highest BCUT2D eigenvalue weighted by Crippen LogP contribution is 2.43. The first-order chi connectivity index (χ1) is 24.0. The summed E-state index contributed by atoms with van der Waals surface area (Å²) in [5.41, 5.74) is 4.16. The van der Waals surface area contributed by atoms with Crippen molar-refractivity contribution in [1.29, 1.82) is 0 Å². The van der Waals surface area contributed by atoms with Crippen molar-refractivity contribution in [2.45, 2.75) is 136 Å². The van der Waals surface area contributed by atoms with Crippen LogP contribution < -0.4 is 4.74 Å². The molecule has 3 aromatic rings. The number of halogens is 3. The summed E-state index contributed by atoms with van der Waals surface area (Å²) in [6.07, 6.45) is 26.2. The Labute approximate surface area is 294 Å². The van der Waals surface area contributed by atoms with Crippen molar-refractivity contribution >= 4 is 5.57 Å². The molecule has 0 N–H and O–H groups in total. The van der Waals surface area contributed by atoms with Gasteiger partial charge in [0.15, 0.2) is 11.6 Å². The molecule has 2 aliphatic carbocycles. The number of hydrogen-bond acceptors (Lipinski definition) is 1. The van der Waals surface area contributed by atoms with Crippen molar-refractivity contribution in [3.8, 4) is 28.0 Å². The summed E-state index contributed by atoms with van der Waals surface area (Å²) in [6.45, 7) is 4.84. The van der Waals surface area contributed by atoms with Gasteiger partial charge in [-0.15, -0.1) is 0 Å². The van der Waals surface area contributed by atoms with Gasteiger partial charge in [0.2, 0.25) is 5.82 Å². The van der Waals surface area contributed by atoms with Crippen LogP contribution in [0.2, 0.25) is 0 Å². The smallest absolute Gasteiger partial charge is 0.201 e. The number of unbranched alkanes of at least 4 members (excludes halogenated alkanes) is 9. The zero-order chi connectivity index (χ0) is 34.4. The number of ether oxygens (including phenoxy) is 1. The van der Waals surface area contributed by atoms with E-state index in [9.17, 15) is 4.39 Å². The minimum absolute atomic E-state index is 0.0527. The highest BCUT2D eigenvalue weighted by Gasteiger charge is 2.29. The molecule has 1 unspecified atom stereocenters. The van der Waals surface area contributed by atoms with Gasteiger partial charge in [0.05, 0.1) is 6.61 Å². The Balaban J connectivity index is 1.12. The molecule has 1 nitrogen and oxygen atoms in total. The molecule has 5 rings (SSSR count). The molecule has 2 aliphatic rings. The molecular formula is C45H59F3O. The van der Waals surface area contributed by atoms with Crippen molar-refractivity contribution in [2.24, 2.45) is 17.8 Å². The van der Waals surface area contributed by atoms with Crippen LogP contribution in [0.5, 0.6) is 5.75 Å². The maximum absolute atomic E-state index is 15.5. The molecule has 266 valence electrons. The van der Waals surface area contributed by atoms with Crippen molar-refractivity contribution in [3.63, 3.8) is 0 Å². The third-order valence-corrected chi connectivity index (χ3v) is 11.4. The lowest BCUT2D eigenvalue weighted by Gasteiger charge is -2.35. The van der Waals surface area contributed by atoms with Gasteiger partial charge in [0.1, 0.15) is 5.82 Å². The molecule has 0 aromatic heterocycles. The molecular weight excluding hydrogens is 613 g/mol. The molecule has 0 amide bonds. The highest BCUT2D eigenvalue weighted by atomic mass is 19.2. The first-order valence-corrected chi connectivity index (χ1v) is 19.7. The first-order valence-electron chi connectivity index (χ1n) is 19.7. The van der Waals surface area contributed by atoms with Crippen molar-refractivity contribution in [1.82, 2.24) is 0 Å². The summed E-state index contributed by atoms with van der Waals surface area (Å²) in [5, 5.41) is 0. The predicted molar refractivity (Wildman–Crippen MR) is 200 cm³/mol. The predicted octanol–water partition coefficient (Wildman–Crippen LogP) is 14.5. The van der Waals surface area contributed by atoms with E-state index in [4.69, 9.17) is 4.74 Å². The van der Waals surface area contributed by atoms with E-state index >= 15 is 8.78 Å². The summed E-state index contributed by atoms with van der Waals surface area (Å²) in [7, 11) is 0. The summed E-state index contributed by atoms with van der Waals surface area (Å²) < 4.78 is 51.0. The van der Waals surface area contributed by atoms with Gasteiger partial charge in [-0.05, 0) is 96.7 Å². The molecule has 1 fully saturated rings. The highest BCUT2D eigenvalue weighted by molar-refractivity contribution is 5.74. The molecule has 4 heteroatoms. The van der Waals surface area contributed by atoms with Crippen LogP contribution in [-0.4, -0.2) is 6.61 Å². The van der Waals surface area contributed by atoms with Gasteiger partial charge in [0.25, 0.3) is 0 Å². The molecule has 1 saturated carbocycles. The zero-order valence-electron chi connectivity index (χ0n) is 30.2. The minimum Gasteiger partial charge on any atom is -0.490 e. The van der Waals surface area contributed by atoms with Gasteiger partial charge in [-0.2, -0.15) is 4.39 Å². The van der Waals surface area contributed by atoms with Gasteiger partial charge in [0, 0.05) is 11.1 Å². The van der Waals surface area contributed by atoms with Crippen LogP contribution in [0, 0.1) is 35.2 Å². The van der Waals surface area contributed by atoms with Gasteiger partial charge in [-0.1, -0.05) is 140 Å². The second-order valence-corrected chi connectivity index (χ2v) is 14.9. The summed E-state index contributed by atoms with van der Waals surface area (Å²) in [4.78, 5) is 0. The number of allylic oxidation sites excluding steroid dienone is 2. The van der Waals surface area contributed by atoms with Gasteiger partial charge in [-0.25, -0.2) is 8.78 Å². The second kappa shape index (κ2) is 19.4. The molecule has 1 atom stereocenters. The van der Waals surface area contributed by atoms with Crippen molar-refractivity contribution in [2.75, 3.05) is 6.61 Å². The van der Waals surface area contributed by atoms with E-state index in [0.29, 0.717) is 23.3 Å². The molecule has 0 saturated heterocycles. The lowest BCUT2D eigenvalue weighted by Crippen LogP contribution is -2.23. The average molecular weight is 673 g/mol. The first kappa shape index (κ1) is 37.3. The topological polar surface area (TPSA) is 9.23 Å². The van der Waals surface area contributed by atoms with E-state index < -0.39 is 11.6 Å².